The van der Waals surface area contributed by atoms with Crippen LogP contribution in [0.3, 0.4) is 0 Å². The fraction of sp³-hybridized carbons (Fsp3) is 0.583. The summed E-state index contributed by atoms with van der Waals surface area (Å²) in [4.78, 5) is 6.84. The van der Waals surface area contributed by atoms with Crippen LogP contribution < -0.4 is 10.6 Å². The van der Waals surface area contributed by atoms with E-state index in [1.165, 1.54) is 12.8 Å². The molecule has 88 valence electrons. The predicted octanol–water partition coefficient (Wildman–Crippen LogP) is 3.05. The van der Waals surface area contributed by atoms with Gasteiger partial charge in [0, 0.05) is 12.6 Å². The summed E-state index contributed by atoms with van der Waals surface area (Å²) < 4.78 is 1.00. The molecule has 3 nitrogen and oxygen atoms in total. The highest BCUT2D eigenvalue weighted by Gasteiger charge is 2.29. The van der Waals surface area contributed by atoms with Crippen molar-refractivity contribution in [1.82, 2.24) is 4.98 Å². The number of rotatable bonds is 2. The molecule has 4 heteroatoms. The van der Waals surface area contributed by atoms with Gasteiger partial charge in [0.15, 0.2) is 0 Å². The third-order valence-electron chi connectivity index (χ3n) is 3.18. The van der Waals surface area contributed by atoms with E-state index in [1.54, 1.807) is 6.20 Å². The third kappa shape index (κ3) is 2.17. The summed E-state index contributed by atoms with van der Waals surface area (Å²) in [6, 6.07) is 2.53. The van der Waals surface area contributed by atoms with Gasteiger partial charge in [0.25, 0.3) is 0 Å². The minimum Gasteiger partial charge on any atom is -0.397 e. The first-order valence-electron chi connectivity index (χ1n) is 5.77. The second kappa shape index (κ2) is 4.62. The van der Waals surface area contributed by atoms with E-state index in [4.69, 9.17) is 5.73 Å². The van der Waals surface area contributed by atoms with Crippen molar-refractivity contribution in [3.05, 3.63) is 16.7 Å². The molecular weight excluding hydrogens is 266 g/mol. The van der Waals surface area contributed by atoms with Gasteiger partial charge in [-0.15, -0.1) is 0 Å². The monoisotopic (exact) mass is 283 g/mol. The van der Waals surface area contributed by atoms with Crippen molar-refractivity contribution in [2.75, 3.05) is 17.2 Å². The average molecular weight is 284 g/mol. The number of nitrogens with zero attached hydrogens (tertiary/aromatic N) is 2. The molecule has 2 N–H and O–H groups in total. The first kappa shape index (κ1) is 11.7. The molecule has 1 aliphatic heterocycles. The summed E-state index contributed by atoms with van der Waals surface area (Å²) >= 11 is 3.55. The maximum Gasteiger partial charge on any atom is 0.143 e. The van der Waals surface area contributed by atoms with Gasteiger partial charge in [0.2, 0.25) is 0 Å². The molecule has 2 heterocycles. The molecule has 0 saturated carbocycles. The largest absolute Gasteiger partial charge is 0.397 e. The minimum absolute atomic E-state index is 0.604. The quantitative estimate of drug-likeness (QED) is 0.907. The fourth-order valence-electron chi connectivity index (χ4n) is 2.41. The average Bonchev–Trinajstić information content (AvgIpc) is 2.66. The molecule has 1 atom stereocenters. The van der Waals surface area contributed by atoms with Crippen LogP contribution in [-0.4, -0.2) is 17.6 Å². The maximum absolute atomic E-state index is 5.71. The van der Waals surface area contributed by atoms with Crippen LogP contribution in [0.4, 0.5) is 11.5 Å². The number of nitrogens with two attached hydrogens (primary N) is 1. The van der Waals surface area contributed by atoms with Gasteiger partial charge in [-0.2, -0.15) is 0 Å². The van der Waals surface area contributed by atoms with E-state index in [1.807, 2.05) is 6.07 Å². The van der Waals surface area contributed by atoms with E-state index in [0.29, 0.717) is 17.6 Å². The molecule has 2 rings (SSSR count). The van der Waals surface area contributed by atoms with Crippen LogP contribution in [0.25, 0.3) is 0 Å². The number of aromatic nitrogens is 1. The second-order valence-electron chi connectivity index (χ2n) is 4.72. The van der Waals surface area contributed by atoms with Gasteiger partial charge in [-0.1, -0.05) is 13.8 Å². The highest BCUT2D eigenvalue weighted by Crippen LogP contribution is 2.33. The zero-order valence-corrected chi connectivity index (χ0v) is 11.4. The Morgan fingerprint density at radius 3 is 2.94 bits per heavy atom. The molecule has 0 aromatic carbocycles. The Labute approximate surface area is 105 Å². The molecule has 0 aliphatic carbocycles. The van der Waals surface area contributed by atoms with Gasteiger partial charge in [0.05, 0.1) is 16.4 Å². The van der Waals surface area contributed by atoms with E-state index >= 15 is 0 Å². The number of hydrogen-bond donors (Lipinski definition) is 1. The van der Waals surface area contributed by atoms with Crippen molar-refractivity contribution in [2.45, 2.75) is 32.7 Å². The number of nitrogen functional groups attached to an aromatic ring is 1. The summed E-state index contributed by atoms with van der Waals surface area (Å²) in [6.45, 7) is 5.64. The lowest BCUT2D eigenvalue weighted by molar-refractivity contribution is 0.489. The summed E-state index contributed by atoms with van der Waals surface area (Å²) in [5, 5.41) is 0. The second-order valence-corrected chi connectivity index (χ2v) is 5.58. The van der Waals surface area contributed by atoms with Crippen LogP contribution in [0.2, 0.25) is 0 Å². The van der Waals surface area contributed by atoms with Crippen molar-refractivity contribution in [2.24, 2.45) is 5.92 Å². The van der Waals surface area contributed by atoms with Crippen molar-refractivity contribution in [3.8, 4) is 0 Å². The zero-order valence-electron chi connectivity index (χ0n) is 9.78. The smallest absolute Gasteiger partial charge is 0.143 e. The van der Waals surface area contributed by atoms with Crippen LogP contribution in [-0.2, 0) is 0 Å². The lowest BCUT2D eigenvalue weighted by atomic mass is 10.0. The zero-order chi connectivity index (χ0) is 11.7. The molecule has 1 aromatic rings. The minimum atomic E-state index is 0.604. The number of hydrogen-bond acceptors (Lipinski definition) is 3. The number of pyridine rings is 1. The Morgan fingerprint density at radius 1 is 1.56 bits per heavy atom. The van der Waals surface area contributed by atoms with Gasteiger partial charge in [-0.3, -0.25) is 0 Å². The van der Waals surface area contributed by atoms with Crippen LogP contribution in [0.5, 0.6) is 0 Å². The SMILES string of the molecule is CC(C)C1CCCN1c1ncc(N)cc1Br. The molecule has 1 fully saturated rings. The standard InChI is InChI=1S/C12H18BrN3/c1-8(2)11-4-3-5-16(11)12-10(13)6-9(14)7-15-12/h6-8,11H,3-5,14H2,1-2H3. The summed E-state index contributed by atoms with van der Waals surface area (Å²) in [5.41, 5.74) is 6.41. The molecule has 1 aliphatic rings. The van der Waals surface area contributed by atoms with E-state index < -0.39 is 0 Å². The van der Waals surface area contributed by atoms with E-state index in [2.05, 4.69) is 39.7 Å². The summed E-state index contributed by atoms with van der Waals surface area (Å²) in [6.07, 6.45) is 4.24. The van der Waals surface area contributed by atoms with Crippen molar-refractivity contribution in [1.29, 1.82) is 0 Å². The van der Waals surface area contributed by atoms with E-state index in [9.17, 15) is 0 Å². The Kier molecular flexibility index (Phi) is 3.38. The van der Waals surface area contributed by atoms with Gasteiger partial charge in [-0.05, 0) is 40.8 Å². The van der Waals surface area contributed by atoms with Crippen LogP contribution in [0, 0.1) is 5.92 Å². The highest BCUT2D eigenvalue weighted by molar-refractivity contribution is 9.10. The molecular formula is C12H18BrN3. The molecule has 0 spiro atoms. The van der Waals surface area contributed by atoms with Crippen molar-refractivity contribution < 1.29 is 0 Å². The Morgan fingerprint density at radius 2 is 2.31 bits per heavy atom. The van der Waals surface area contributed by atoms with Crippen LogP contribution in [0.15, 0.2) is 16.7 Å². The topological polar surface area (TPSA) is 42.2 Å². The summed E-state index contributed by atoms with van der Waals surface area (Å²) in [7, 11) is 0. The Bertz CT molecular complexity index is 379. The molecule has 1 saturated heterocycles. The number of anilines is 2. The van der Waals surface area contributed by atoms with Crippen molar-refractivity contribution in [3.63, 3.8) is 0 Å². The summed E-state index contributed by atoms with van der Waals surface area (Å²) in [5.74, 6) is 1.69. The van der Waals surface area contributed by atoms with Gasteiger partial charge >= 0.3 is 0 Å². The Hall–Kier alpha value is -0.770. The lowest BCUT2D eigenvalue weighted by Crippen LogP contribution is -2.34. The van der Waals surface area contributed by atoms with Crippen LogP contribution >= 0.6 is 15.9 Å². The maximum atomic E-state index is 5.71. The lowest BCUT2D eigenvalue weighted by Gasteiger charge is -2.29. The molecule has 1 unspecified atom stereocenters. The molecule has 0 amide bonds. The first-order valence-corrected chi connectivity index (χ1v) is 6.56. The molecule has 1 aromatic heterocycles. The predicted molar refractivity (Wildman–Crippen MR) is 71.6 cm³/mol. The van der Waals surface area contributed by atoms with E-state index in [0.717, 1.165) is 16.8 Å². The van der Waals surface area contributed by atoms with Gasteiger partial charge < -0.3 is 10.6 Å². The normalized spacial score (nSPS) is 20.8. The number of halogens is 1. The highest BCUT2D eigenvalue weighted by atomic mass is 79.9. The van der Waals surface area contributed by atoms with Crippen molar-refractivity contribution >= 4 is 27.4 Å². The Balaban J connectivity index is 2.29. The third-order valence-corrected chi connectivity index (χ3v) is 3.77. The van der Waals surface area contributed by atoms with Gasteiger partial charge in [0.1, 0.15) is 5.82 Å². The molecule has 0 radical (unpaired) electrons. The fourth-order valence-corrected chi connectivity index (χ4v) is 3.00. The molecule has 0 bridgehead atoms. The van der Waals surface area contributed by atoms with Gasteiger partial charge in [-0.25, -0.2) is 4.98 Å². The molecule has 16 heavy (non-hydrogen) atoms. The first-order chi connectivity index (χ1) is 7.59. The van der Waals surface area contributed by atoms with Crippen LogP contribution in [0.1, 0.15) is 26.7 Å². The van der Waals surface area contributed by atoms with E-state index in [-0.39, 0.29) is 0 Å².